The molecule has 1 fully saturated rings. The van der Waals surface area contributed by atoms with Crippen molar-refractivity contribution in [1.29, 1.82) is 0 Å². The minimum absolute atomic E-state index is 0.000446. The number of aryl methyl sites for hydroxylation is 1. The van der Waals surface area contributed by atoms with Crippen LogP contribution in [-0.2, 0) is 26.6 Å². The maximum atomic E-state index is 12.1. The molecule has 4 rings (SSSR count). The number of benzene rings is 1. The molecule has 1 atom stereocenters. The minimum atomic E-state index is -0.000446. The van der Waals surface area contributed by atoms with Gasteiger partial charge in [-0.3, -0.25) is 9.47 Å². The van der Waals surface area contributed by atoms with Crippen molar-refractivity contribution in [3.05, 3.63) is 45.6 Å². The van der Waals surface area contributed by atoms with Gasteiger partial charge in [-0.1, -0.05) is 12.1 Å². The lowest BCUT2D eigenvalue weighted by atomic mass is 9.95. The van der Waals surface area contributed by atoms with Crippen LogP contribution in [-0.4, -0.2) is 38.4 Å². The minimum Gasteiger partial charge on any atom is -0.490 e. The lowest BCUT2D eigenvalue weighted by Gasteiger charge is -2.31. The summed E-state index contributed by atoms with van der Waals surface area (Å²) in [4.78, 5) is 14.6. The second-order valence-corrected chi connectivity index (χ2v) is 7.63. The van der Waals surface area contributed by atoms with E-state index in [2.05, 4.69) is 35.1 Å². The maximum absolute atomic E-state index is 12.1. The van der Waals surface area contributed by atoms with E-state index >= 15 is 0 Å². The van der Waals surface area contributed by atoms with E-state index in [0.717, 1.165) is 50.5 Å². The first-order valence-electron chi connectivity index (χ1n) is 9.69. The van der Waals surface area contributed by atoms with E-state index in [0.29, 0.717) is 18.6 Å². The van der Waals surface area contributed by atoms with E-state index in [1.165, 1.54) is 15.8 Å². The summed E-state index contributed by atoms with van der Waals surface area (Å²) in [5.74, 6) is 2.39. The quantitative estimate of drug-likeness (QED) is 0.844. The first kappa shape index (κ1) is 17.3. The smallest absolute Gasteiger partial charge is 0.345 e. The molecule has 0 unspecified atom stereocenters. The van der Waals surface area contributed by atoms with E-state index < -0.39 is 0 Å². The molecule has 1 aromatic heterocycles. The molecule has 0 N–H and O–H groups in total. The molecule has 1 saturated heterocycles. The average Bonchev–Trinajstić information content (AvgIpc) is 3.14. The summed E-state index contributed by atoms with van der Waals surface area (Å²) in [6.45, 7) is 7.90. The Bertz CT molecular complexity index is 846. The molecule has 6 heteroatoms. The lowest BCUT2D eigenvalue weighted by Crippen LogP contribution is -2.33. The van der Waals surface area contributed by atoms with Gasteiger partial charge >= 0.3 is 5.69 Å². The van der Waals surface area contributed by atoms with Crippen molar-refractivity contribution in [3.63, 3.8) is 0 Å². The van der Waals surface area contributed by atoms with E-state index in [1.807, 2.05) is 11.5 Å². The van der Waals surface area contributed by atoms with Gasteiger partial charge in [0.1, 0.15) is 17.7 Å². The molecular formula is C20H28N4O2. The fraction of sp³-hybridized carbons (Fsp3) is 0.600. The van der Waals surface area contributed by atoms with E-state index in [9.17, 15) is 4.79 Å². The van der Waals surface area contributed by atoms with Crippen LogP contribution in [0, 0.1) is 0 Å². The summed E-state index contributed by atoms with van der Waals surface area (Å²) < 4.78 is 9.09. The van der Waals surface area contributed by atoms with Gasteiger partial charge in [-0.05, 0) is 57.0 Å². The Balaban J connectivity index is 1.39. The molecule has 0 aliphatic carbocycles. The molecule has 0 spiro atoms. The van der Waals surface area contributed by atoms with Crippen LogP contribution in [0.5, 0.6) is 5.75 Å². The third-order valence-corrected chi connectivity index (χ3v) is 5.67. The Hall–Kier alpha value is -2.08. The van der Waals surface area contributed by atoms with Crippen molar-refractivity contribution < 1.29 is 4.74 Å². The first-order valence-corrected chi connectivity index (χ1v) is 9.69. The zero-order valence-corrected chi connectivity index (χ0v) is 15.9. The lowest BCUT2D eigenvalue weighted by molar-refractivity contribution is 0.200. The van der Waals surface area contributed by atoms with Crippen LogP contribution in [0.4, 0.5) is 0 Å². The highest BCUT2D eigenvalue weighted by atomic mass is 16.5. The number of hydrogen-bond acceptors (Lipinski definition) is 4. The van der Waals surface area contributed by atoms with Crippen molar-refractivity contribution in [2.45, 2.75) is 58.2 Å². The second kappa shape index (κ2) is 6.91. The Morgan fingerprint density at radius 2 is 2.04 bits per heavy atom. The molecular weight excluding hydrogens is 328 g/mol. The summed E-state index contributed by atoms with van der Waals surface area (Å²) in [6, 6.07) is 6.61. The third-order valence-electron chi connectivity index (χ3n) is 5.67. The summed E-state index contributed by atoms with van der Waals surface area (Å²) in [5, 5.41) is 4.49. The molecule has 140 valence electrons. The summed E-state index contributed by atoms with van der Waals surface area (Å²) in [7, 11) is 1.74. The summed E-state index contributed by atoms with van der Waals surface area (Å²) in [6.07, 6.45) is 3.42. The Morgan fingerprint density at radius 1 is 1.27 bits per heavy atom. The van der Waals surface area contributed by atoms with E-state index in [1.54, 1.807) is 7.05 Å². The van der Waals surface area contributed by atoms with Gasteiger partial charge in [0.2, 0.25) is 0 Å². The molecule has 2 aromatic rings. The predicted octanol–water partition coefficient (Wildman–Crippen LogP) is 2.30. The van der Waals surface area contributed by atoms with E-state index in [-0.39, 0.29) is 5.69 Å². The predicted molar refractivity (Wildman–Crippen MR) is 101 cm³/mol. The normalized spacial score (nSPS) is 21.0. The van der Waals surface area contributed by atoms with Crippen molar-refractivity contribution in [2.24, 2.45) is 7.05 Å². The zero-order valence-electron chi connectivity index (χ0n) is 15.9. The van der Waals surface area contributed by atoms with Crippen LogP contribution in [0.15, 0.2) is 23.0 Å². The van der Waals surface area contributed by atoms with Gasteiger partial charge < -0.3 is 4.74 Å². The molecule has 1 aromatic carbocycles. The Morgan fingerprint density at radius 3 is 2.77 bits per heavy atom. The molecule has 6 nitrogen and oxygen atoms in total. The number of aromatic nitrogens is 3. The van der Waals surface area contributed by atoms with Crippen LogP contribution < -0.4 is 10.4 Å². The van der Waals surface area contributed by atoms with Gasteiger partial charge in [0.05, 0.1) is 0 Å². The standard InChI is InChI=1S/C20H28N4O2/c1-4-24-19(21-22(3)20(24)25)16-7-9-23(10-8-16)13-15-5-6-18-17(12-15)11-14(2)26-18/h5-6,12,14,16H,4,7-11,13H2,1-3H3/t14-/m1/s1. The monoisotopic (exact) mass is 356 g/mol. The fourth-order valence-corrected chi connectivity index (χ4v) is 4.30. The first-order chi connectivity index (χ1) is 12.5. The number of fused-ring (bicyclic) bond motifs is 1. The molecule has 0 amide bonds. The van der Waals surface area contributed by atoms with Gasteiger partial charge in [-0.2, -0.15) is 5.10 Å². The van der Waals surface area contributed by atoms with Crippen LogP contribution >= 0.6 is 0 Å². The van der Waals surface area contributed by atoms with Crippen molar-refractivity contribution in [3.8, 4) is 5.75 Å². The fourth-order valence-electron chi connectivity index (χ4n) is 4.30. The molecule has 0 saturated carbocycles. The Kier molecular flexibility index (Phi) is 4.61. The van der Waals surface area contributed by atoms with Gasteiger partial charge in [-0.15, -0.1) is 0 Å². The highest BCUT2D eigenvalue weighted by Crippen LogP contribution is 2.31. The highest BCUT2D eigenvalue weighted by molar-refractivity contribution is 5.40. The van der Waals surface area contributed by atoms with Crippen LogP contribution in [0.3, 0.4) is 0 Å². The Labute approximate surface area is 154 Å². The van der Waals surface area contributed by atoms with Crippen LogP contribution in [0.2, 0.25) is 0 Å². The molecule has 0 radical (unpaired) electrons. The topological polar surface area (TPSA) is 52.3 Å². The van der Waals surface area contributed by atoms with Gasteiger partial charge in [-0.25, -0.2) is 9.48 Å². The number of nitrogens with zero attached hydrogens (tertiary/aromatic N) is 4. The average molecular weight is 356 g/mol. The van der Waals surface area contributed by atoms with Gasteiger partial charge in [0.15, 0.2) is 0 Å². The highest BCUT2D eigenvalue weighted by Gasteiger charge is 2.26. The number of piperidine rings is 1. The summed E-state index contributed by atoms with van der Waals surface area (Å²) >= 11 is 0. The summed E-state index contributed by atoms with van der Waals surface area (Å²) in [5.41, 5.74) is 2.70. The van der Waals surface area contributed by atoms with Crippen LogP contribution in [0.1, 0.15) is 49.6 Å². The number of ether oxygens (including phenoxy) is 1. The van der Waals surface area contributed by atoms with Crippen molar-refractivity contribution in [1.82, 2.24) is 19.2 Å². The number of hydrogen-bond donors (Lipinski definition) is 0. The van der Waals surface area contributed by atoms with E-state index in [4.69, 9.17) is 4.74 Å². The van der Waals surface area contributed by atoms with Crippen molar-refractivity contribution >= 4 is 0 Å². The third kappa shape index (κ3) is 3.18. The largest absolute Gasteiger partial charge is 0.490 e. The van der Waals surface area contributed by atoms with Crippen LogP contribution in [0.25, 0.3) is 0 Å². The second-order valence-electron chi connectivity index (χ2n) is 7.63. The molecule has 2 aliphatic rings. The number of rotatable bonds is 4. The SMILES string of the molecule is CCn1c(C2CCN(Cc3ccc4c(c3)C[C@@H](C)O4)CC2)nn(C)c1=O. The van der Waals surface area contributed by atoms with Gasteiger partial charge in [0.25, 0.3) is 0 Å². The van der Waals surface area contributed by atoms with Gasteiger partial charge in [0, 0.05) is 32.5 Å². The molecule has 26 heavy (non-hydrogen) atoms. The maximum Gasteiger partial charge on any atom is 0.345 e. The number of likely N-dealkylation sites (tertiary alicyclic amines) is 1. The van der Waals surface area contributed by atoms with Crippen molar-refractivity contribution in [2.75, 3.05) is 13.1 Å². The molecule has 0 bridgehead atoms. The molecule has 2 aliphatic heterocycles. The zero-order chi connectivity index (χ0) is 18.3. The molecule has 3 heterocycles.